The Morgan fingerprint density at radius 1 is 0.914 bits per heavy atom. The van der Waals surface area contributed by atoms with E-state index >= 15 is 0 Å². The summed E-state index contributed by atoms with van der Waals surface area (Å²) in [5, 5.41) is 5.99. The molecular weight excluding hydrogens is 441 g/mol. The molecule has 1 fully saturated rings. The first-order valence-corrected chi connectivity index (χ1v) is 12.0. The molecule has 35 heavy (non-hydrogen) atoms. The number of carbonyl (C=O) groups is 1. The van der Waals surface area contributed by atoms with Crippen molar-refractivity contribution in [3.05, 3.63) is 89.7 Å². The molecule has 184 valence electrons. The number of hydrogen-bond donors (Lipinski definition) is 2. The van der Waals surface area contributed by atoms with Gasteiger partial charge in [-0.25, -0.2) is 9.18 Å². The molecule has 1 aliphatic rings. The van der Waals surface area contributed by atoms with E-state index < -0.39 is 0 Å². The van der Waals surface area contributed by atoms with Crippen LogP contribution in [0.4, 0.5) is 26.2 Å². The van der Waals surface area contributed by atoms with Gasteiger partial charge in [0.15, 0.2) is 0 Å². The number of rotatable bonds is 7. The van der Waals surface area contributed by atoms with Crippen LogP contribution in [0.3, 0.4) is 0 Å². The largest absolute Gasteiger partial charge is 0.378 e. The minimum atomic E-state index is -0.219. The van der Waals surface area contributed by atoms with Crippen molar-refractivity contribution in [2.24, 2.45) is 0 Å². The fourth-order valence-corrected chi connectivity index (χ4v) is 4.40. The van der Waals surface area contributed by atoms with Crippen molar-refractivity contribution in [2.75, 3.05) is 61.9 Å². The van der Waals surface area contributed by atoms with Gasteiger partial charge in [0.2, 0.25) is 0 Å². The Morgan fingerprint density at radius 2 is 1.54 bits per heavy atom. The molecule has 1 saturated heterocycles. The van der Waals surface area contributed by atoms with Gasteiger partial charge in [0, 0.05) is 63.9 Å². The van der Waals surface area contributed by atoms with Crippen molar-refractivity contribution in [1.82, 2.24) is 10.2 Å². The number of piperazine rings is 1. The monoisotopic (exact) mass is 475 g/mol. The first kappa shape index (κ1) is 24.5. The zero-order valence-corrected chi connectivity index (χ0v) is 20.7. The van der Waals surface area contributed by atoms with Crippen molar-refractivity contribution in [3.63, 3.8) is 0 Å². The van der Waals surface area contributed by atoms with E-state index in [2.05, 4.69) is 49.6 Å². The normalized spacial score (nSPS) is 14.9. The third-order valence-corrected chi connectivity index (χ3v) is 6.51. The second kappa shape index (κ2) is 11.2. The first-order valence-electron chi connectivity index (χ1n) is 12.0. The lowest BCUT2D eigenvalue weighted by Crippen LogP contribution is -2.50. The quantitative estimate of drug-likeness (QED) is 0.511. The molecule has 0 saturated carbocycles. The van der Waals surface area contributed by atoms with Gasteiger partial charge in [-0.3, -0.25) is 4.90 Å². The third kappa shape index (κ3) is 6.51. The van der Waals surface area contributed by atoms with Gasteiger partial charge in [-0.1, -0.05) is 29.8 Å². The average Bonchev–Trinajstić information content (AvgIpc) is 2.87. The molecule has 2 amide bonds. The lowest BCUT2D eigenvalue weighted by Gasteiger charge is -2.40. The molecule has 0 aliphatic carbocycles. The molecule has 1 aliphatic heterocycles. The molecule has 3 aromatic rings. The summed E-state index contributed by atoms with van der Waals surface area (Å²) in [6.45, 7) is 5.89. The summed E-state index contributed by atoms with van der Waals surface area (Å²) in [5.74, 6) is -0.219. The summed E-state index contributed by atoms with van der Waals surface area (Å²) in [5.41, 5.74) is 5.26. The number of hydrogen-bond acceptors (Lipinski definition) is 4. The zero-order valence-electron chi connectivity index (χ0n) is 20.7. The van der Waals surface area contributed by atoms with Crippen LogP contribution in [0.25, 0.3) is 0 Å². The van der Waals surface area contributed by atoms with Crippen molar-refractivity contribution < 1.29 is 9.18 Å². The molecule has 2 N–H and O–H groups in total. The van der Waals surface area contributed by atoms with Gasteiger partial charge in [0.1, 0.15) is 5.82 Å². The Kier molecular flexibility index (Phi) is 7.87. The van der Waals surface area contributed by atoms with Gasteiger partial charge in [-0.15, -0.1) is 0 Å². The Bertz CT molecular complexity index is 1090. The molecule has 1 unspecified atom stereocenters. The standard InChI is InChI=1S/C28H34FN5O/c1-21-4-10-24(11-5-21)31-28(35)30-20-27(22-6-12-25(13-7-22)32(2)3)34-18-16-33(17-19-34)26-14-8-23(29)9-15-26/h4-15,27H,16-20H2,1-3H3,(H2,30,31,35). The predicted octanol–water partition coefficient (Wildman–Crippen LogP) is 4.89. The van der Waals surface area contributed by atoms with E-state index in [0.717, 1.165) is 48.8 Å². The number of nitrogens with one attached hydrogen (secondary N) is 2. The molecule has 6 nitrogen and oxygen atoms in total. The number of amides is 2. The Hall–Kier alpha value is -3.58. The molecule has 7 heteroatoms. The molecule has 0 spiro atoms. The summed E-state index contributed by atoms with van der Waals surface area (Å²) >= 11 is 0. The average molecular weight is 476 g/mol. The van der Waals surface area contributed by atoms with Crippen LogP contribution in [0.15, 0.2) is 72.8 Å². The fourth-order valence-electron chi connectivity index (χ4n) is 4.40. The highest BCUT2D eigenvalue weighted by atomic mass is 19.1. The topological polar surface area (TPSA) is 50.9 Å². The van der Waals surface area contributed by atoms with Crippen LogP contribution in [-0.4, -0.2) is 57.8 Å². The van der Waals surface area contributed by atoms with E-state index in [1.807, 2.05) is 57.4 Å². The minimum absolute atomic E-state index is 0.0466. The number of urea groups is 1. The van der Waals surface area contributed by atoms with Crippen molar-refractivity contribution in [1.29, 1.82) is 0 Å². The molecule has 4 rings (SSSR count). The molecule has 1 heterocycles. The summed E-state index contributed by atoms with van der Waals surface area (Å²) in [6.07, 6.45) is 0. The predicted molar refractivity (Wildman–Crippen MR) is 142 cm³/mol. The van der Waals surface area contributed by atoms with Crippen molar-refractivity contribution in [3.8, 4) is 0 Å². The highest BCUT2D eigenvalue weighted by Gasteiger charge is 2.26. The van der Waals surface area contributed by atoms with Crippen LogP contribution in [0, 0.1) is 12.7 Å². The van der Waals surface area contributed by atoms with Gasteiger partial charge < -0.3 is 20.4 Å². The van der Waals surface area contributed by atoms with E-state index in [0.29, 0.717) is 6.54 Å². The highest BCUT2D eigenvalue weighted by Crippen LogP contribution is 2.26. The molecule has 0 aromatic heterocycles. The Morgan fingerprint density at radius 3 is 2.14 bits per heavy atom. The lowest BCUT2D eigenvalue weighted by molar-refractivity contribution is 0.182. The summed E-state index contributed by atoms with van der Waals surface area (Å²) < 4.78 is 13.3. The van der Waals surface area contributed by atoms with Crippen LogP contribution in [0.1, 0.15) is 17.2 Å². The molecular formula is C28H34FN5O. The maximum absolute atomic E-state index is 13.3. The van der Waals surface area contributed by atoms with E-state index in [-0.39, 0.29) is 17.9 Å². The van der Waals surface area contributed by atoms with Crippen LogP contribution in [0.2, 0.25) is 0 Å². The number of aryl methyl sites for hydroxylation is 1. The number of anilines is 3. The van der Waals surface area contributed by atoms with Crippen LogP contribution in [-0.2, 0) is 0 Å². The molecule has 0 radical (unpaired) electrons. The molecule has 3 aromatic carbocycles. The Balaban J connectivity index is 1.43. The van der Waals surface area contributed by atoms with Crippen molar-refractivity contribution >= 4 is 23.1 Å². The summed E-state index contributed by atoms with van der Waals surface area (Å²) in [6, 6.07) is 22.8. The SMILES string of the molecule is Cc1ccc(NC(=O)NCC(c2ccc(N(C)C)cc2)N2CCN(c3ccc(F)cc3)CC2)cc1. The Labute approximate surface area is 207 Å². The van der Waals surface area contributed by atoms with Gasteiger partial charge in [0.05, 0.1) is 6.04 Å². The van der Waals surface area contributed by atoms with E-state index in [1.165, 1.54) is 17.7 Å². The minimum Gasteiger partial charge on any atom is -0.378 e. The van der Waals surface area contributed by atoms with Crippen LogP contribution >= 0.6 is 0 Å². The maximum Gasteiger partial charge on any atom is 0.319 e. The number of carbonyl (C=O) groups excluding carboxylic acids is 1. The maximum atomic E-state index is 13.3. The van der Waals surface area contributed by atoms with E-state index in [1.54, 1.807) is 0 Å². The van der Waals surface area contributed by atoms with Gasteiger partial charge >= 0.3 is 6.03 Å². The van der Waals surface area contributed by atoms with Crippen LogP contribution < -0.4 is 20.4 Å². The van der Waals surface area contributed by atoms with Crippen LogP contribution in [0.5, 0.6) is 0 Å². The lowest BCUT2D eigenvalue weighted by atomic mass is 10.0. The molecule has 0 bridgehead atoms. The van der Waals surface area contributed by atoms with E-state index in [9.17, 15) is 9.18 Å². The molecule has 1 atom stereocenters. The summed E-state index contributed by atoms with van der Waals surface area (Å²) in [7, 11) is 4.05. The first-order chi connectivity index (χ1) is 16.9. The zero-order chi connectivity index (χ0) is 24.8. The third-order valence-electron chi connectivity index (χ3n) is 6.51. The van der Waals surface area contributed by atoms with Gasteiger partial charge in [0.25, 0.3) is 0 Å². The van der Waals surface area contributed by atoms with Gasteiger partial charge in [-0.2, -0.15) is 0 Å². The van der Waals surface area contributed by atoms with E-state index in [4.69, 9.17) is 0 Å². The fraction of sp³-hybridized carbons (Fsp3) is 0.321. The number of benzene rings is 3. The van der Waals surface area contributed by atoms with Crippen molar-refractivity contribution in [2.45, 2.75) is 13.0 Å². The smallest absolute Gasteiger partial charge is 0.319 e. The van der Waals surface area contributed by atoms with Gasteiger partial charge in [-0.05, 0) is 61.0 Å². The summed E-state index contributed by atoms with van der Waals surface area (Å²) in [4.78, 5) is 19.4. The second-order valence-electron chi connectivity index (χ2n) is 9.20. The second-order valence-corrected chi connectivity index (χ2v) is 9.20. The highest BCUT2D eigenvalue weighted by molar-refractivity contribution is 5.89. The number of halogens is 1. The number of nitrogens with zero attached hydrogens (tertiary/aromatic N) is 3.